The molecule has 16 heavy (non-hydrogen) atoms. The second-order valence-electron chi connectivity index (χ2n) is 4.98. The van der Waals surface area contributed by atoms with Gasteiger partial charge in [-0.05, 0) is 32.6 Å². The molecule has 0 radical (unpaired) electrons. The van der Waals surface area contributed by atoms with Crippen molar-refractivity contribution in [2.24, 2.45) is 0 Å². The average molecular weight is 222 g/mol. The number of hydrogen-bond donors (Lipinski definition) is 1. The van der Waals surface area contributed by atoms with E-state index in [4.69, 9.17) is 0 Å². The Hall–Kier alpha value is -0.830. The summed E-state index contributed by atoms with van der Waals surface area (Å²) in [6, 6.07) is 0.443. The summed E-state index contributed by atoms with van der Waals surface area (Å²) >= 11 is 0. The van der Waals surface area contributed by atoms with E-state index in [2.05, 4.69) is 18.3 Å². The highest BCUT2D eigenvalue weighted by molar-refractivity contribution is 5.78. The van der Waals surface area contributed by atoms with Gasteiger partial charge in [-0.25, -0.2) is 0 Å². The molecule has 1 saturated heterocycles. The van der Waals surface area contributed by atoms with Crippen LogP contribution in [0.4, 0.5) is 0 Å². The van der Waals surface area contributed by atoms with Crippen molar-refractivity contribution in [3.63, 3.8) is 0 Å². The molecule has 3 nitrogen and oxygen atoms in total. The molecule has 1 unspecified atom stereocenters. The summed E-state index contributed by atoms with van der Waals surface area (Å²) in [5, 5.41) is 3.36. The topological polar surface area (TPSA) is 32.3 Å². The van der Waals surface area contributed by atoms with Crippen LogP contribution in [0.2, 0.25) is 0 Å². The van der Waals surface area contributed by atoms with Crippen molar-refractivity contribution in [3.8, 4) is 0 Å². The van der Waals surface area contributed by atoms with Crippen molar-refractivity contribution in [1.82, 2.24) is 10.2 Å². The van der Waals surface area contributed by atoms with Crippen LogP contribution in [-0.2, 0) is 4.79 Å². The van der Waals surface area contributed by atoms with Crippen LogP contribution in [0.3, 0.4) is 0 Å². The van der Waals surface area contributed by atoms with E-state index >= 15 is 0 Å². The molecule has 0 aromatic carbocycles. The van der Waals surface area contributed by atoms with Crippen molar-refractivity contribution >= 4 is 5.91 Å². The lowest BCUT2D eigenvalue weighted by atomic mass is 9.96. The Labute approximate surface area is 97.9 Å². The van der Waals surface area contributed by atoms with E-state index in [-0.39, 0.29) is 0 Å². The van der Waals surface area contributed by atoms with Crippen LogP contribution in [0, 0.1) is 0 Å². The SMILES string of the molecule is CC1CN(C(=O)CC2=CCCCC2)CCN1. The van der Waals surface area contributed by atoms with Gasteiger partial charge in [0.1, 0.15) is 0 Å². The molecule has 0 spiro atoms. The molecule has 2 aliphatic rings. The van der Waals surface area contributed by atoms with Crippen LogP contribution in [0.5, 0.6) is 0 Å². The Bertz CT molecular complexity index is 286. The number of allylic oxidation sites excluding steroid dienone is 1. The van der Waals surface area contributed by atoms with Gasteiger partial charge in [0.15, 0.2) is 0 Å². The summed E-state index contributed by atoms with van der Waals surface area (Å²) in [5.74, 6) is 0.321. The molecule has 2 rings (SSSR count). The minimum absolute atomic E-state index is 0.321. The Morgan fingerprint density at radius 2 is 2.44 bits per heavy atom. The predicted octanol–water partition coefficient (Wildman–Crippen LogP) is 1.70. The zero-order valence-electron chi connectivity index (χ0n) is 10.2. The van der Waals surface area contributed by atoms with Crippen LogP contribution in [0.25, 0.3) is 0 Å². The van der Waals surface area contributed by atoms with Crippen LogP contribution in [0.15, 0.2) is 11.6 Å². The van der Waals surface area contributed by atoms with Gasteiger partial charge >= 0.3 is 0 Å². The van der Waals surface area contributed by atoms with Gasteiger partial charge in [0.2, 0.25) is 5.91 Å². The molecule has 0 aromatic heterocycles. The monoisotopic (exact) mass is 222 g/mol. The third kappa shape index (κ3) is 3.08. The number of rotatable bonds is 2. The normalized spacial score (nSPS) is 26.4. The fraction of sp³-hybridized carbons (Fsp3) is 0.769. The van der Waals surface area contributed by atoms with Gasteiger partial charge in [-0.15, -0.1) is 0 Å². The zero-order valence-corrected chi connectivity index (χ0v) is 10.2. The number of hydrogen-bond acceptors (Lipinski definition) is 2. The Morgan fingerprint density at radius 3 is 3.12 bits per heavy atom. The standard InChI is InChI=1S/C13H22N2O/c1-11-10-15(8-7-14-11)13(16)9-12-5-3-2-4-6-12/h5,11,14H,2-4,6-10H2,1H3. The molecular weight excluding hydrogens is 200 g/mol. The van der Waals surface area contributed by atoms with Gasteiger partial charge in [-0.3, -0.25) is 4.79 Å². The second-order valence-corrected chi connectivity index (χ2v) is 4.98. The minimum atomic E-state index is 0.321. The first-order valence-corrected chi connectivity index (χ1v) is 6.45. The van der Waals surface area contributed by atoms with Gasteiger partial charge in [0.05, 0.1) is 0 Å². The maximum absolute atomic E-state index is 12.1. The lowest BCUT2D eigenvalue weighted by Crippen LogP contribution is -2.51. The van der Waals surface area contributed by atoms with Crippen molar-refractivity contribution in [3.05, 3.63) is 11.6 Å². The second kappa shape index (κ2) is 5.48. The average Bonchev–Trinajstić information content (AvgIpc) is 2.30. The lowest BCUT2D eigenvalue weighted by Gasteiger charge is -2.32. The van der Waals surface area contributed by atoms with Gasteiger partial charge in [-0.1, -0.05) is 11.6 Å². The van der Waals surface area contributed by atoms with Crippen LogP contribution in [0.1, 0.15) is 39.0 Å². The van der Waals surface area contributed by atoms with Crippen molar-refractivity contribution < 1.29 is 4.79 Å². The molecule has 1 N–H and O–H groups in total. The number of carbonyl (C=O) groups excluding carboxylic acids is 1. The molecule has 1 aliphatic carbocycles. The highest BCUT2D eigenvalue weighted by atomic mass is 16.2. The van der Waals surface area contributed by atoms with Crippen LogP contribution < -0.4 is 5.32 Å². The smallest absolute Gasteiger partial charge is 0.226 e. The fourth-order valence-corrected chi connectivity index (χ4v) is 2.53. The van der Waals surface area contributed by atoms with E-state index < -0.39 is 0 Å². The fourth-order valence-electron chi connectivity index (χ4n) is 2.53. The molecule has 0 bridgehead atoms. The van der Waals surface area contributed by atoms with E-state index in [0.717, 1.165) is 26.1 Å². The van der Waals surface area contributed by atoms with Gasteiger partial charge in [-0.2, -0.15) is 0 Å². The van der Waals surface area contributed by atoms with E-state index in [1.807, 2.05) is 4.90 Å². The summed E-state index contributed by atoms with van der Waals surface area (Å²) < 4.78 is 0. The van der Waals surface area contributed by atoms with Crippen molar-refractivity contribution in [2.75, 3.05) is 19.6 Å². The molecule has 1 aliphatic heterocycles. The minimum Gasteiger partial charge on any atom is -0.340 e. The third-order valence-electron chi connectivity index (χ3n) is 3.48. The van der Waals surface area contributed by atoms with E-state index in [1.54, 1.807) is 0 Å². The number of nitrogens with zero attached hydrogens (tertiary/aromatic N) is 1. The van der Waals surface area contributed by atoms with E-state index in [1.165, 1.54) is 24.8 Å². The maximum atomic E-state index is 12.1. The molecule has 1 atom stereocenters. The summed E-state index contributed by atoms with van der Waals surface area (Å²) in [5.41, 5.74) is 1.36. The number of piperazine rings is 1. The lowest BCUT2D eigenvalue weighted by molar-refractivity contribution is -0.131. The highest BCUT2D eigenvalue weighted by Gasteiger charge is 2.21. The highest BCUT2D eigenvalue weighted by Crippen LogP contribution is 2.21. The first-order valence-electron chi connectivity index (χ1n) is 6.45. The van der Waals surface area contributed by atoms with Gasteiger partial charge in [0, 0.05) is 32.1 Å². The van der Waals surface area contributed by atoms with Crippen LogP contribution in [-0.4, -0.2) is 36.5 Å². The maximum Gasteiger partial charge on any atom is 0.226 e. The first kappa shape index (κ1) is 11.6. The summed E-state index contributed by atoms with van der Waals surface area (Å²) in [7, 11) is 0. The summed E-state index contributed by atoms with van der Waals surface area (Å²) in [6.45, 7) is 4.81. The van der Waals surface area contributed by atoms with Crippen molar-refractivity contribution in [1.29, 1.82) is 0 Å². The third-order valence-corrected chi connectivity index (χ3v) is 3.48. The predicted molar refractivity (Wildman–Crippen MR) is 65.2 cm³/mol. The van der Waals surface area contributed by atoms with Crippen LogP contribution >= 0.6 is 0 Å². The number of carbonyl (C=O) groups is 1. The van der Waals surface area contributed by atoms with E-state index in [0.29, 0.717) is 18.4 Å². The van der Waals surface area contributed by atoms with Gasteiger partial charge < -0.3 is 10.2 Å². The number of nitrogens with one attached hydrogen (secondary N) is 1. The molecule has 1 fully saturated rings. The zero-order chi connectivity index (χ0) is 11.4. The summed E-state index contributed by atoms with van der Waals surface area (Å²) in [6.07, 6.45) is 7.78. The molecule has 0 aromatic rings. The molecule has 90 valence electrons. The van der Waals surface area contributed by atoms with Crippen molar-refractivity contribution in [2.45, 2.75) is 45.1 Å². The van der Waals surface area contributed by atoms with E-state index in [9.17, 15) is 4.79 Å². The Kier molecular flexibility index (Phi) is 3.99. The Balaban J connectivity index is 1.84. The molecular formula is C13H22N2O. The largest absolute Gasteiger partial charge is 0.340 e. The first-order chi connectivity index (χ1) is 7.75. The summed E-state index contributed by atoms with van der Waals surface area (Å²) in [4.78, 5) is 14.1. The molecule has 1 amide bonds. The quantitative estimate of drug-likeness (QED) is 0.721. The van der Waals surface area contributed by atoms with Gasteiger partial charge in [0.25, 0.3) is 0 Å². The number of amides is 1. The Morgan fingerprint density at radius 1 is 1.56 bits per heavy atom. The molecule has 0 saturated carbocycles. The molecule has 3 heteroatoms. The molecule has 1 heterocycles.